The lowest BCUT2D eigenvalue weighted by molar-refractivity contribution is -0.132. The van der Waals surface area contributed by atoms with E-state index in [1.807, 2.05) is 0 Å². The van der Waals surface area contributed by atoms with E-state index in [0.717, 1.165) is 6.07 Å². The van der Waals surface area contributed by atoms with E-state index >= 15 is 0 Å². The van der Waals surface area contributed by atoms with Crippen molar-refractivity contribution in [3.8, 4) is 11.5 Å². The van der Waals surface area contributed by atoms with Gasteiger partial charge in [-0.15, -0.1) is 0 Å². The SMILES string of the molecule is CC/C(=C\c1ccc(Oc2ccc(NC(=O)c3ccc(Cl)c(Cl)c3)cc2F)cc1)C(=O)O. The molecular formula is C24H18Cl2FNO4. The molecule has 0 atom stereocenters. The molecule has 0 bridgehead atoms. The highest BCUT2D eigenvalue weighted by molar-refractivity contribution is 6.42. The van der Waals surface area contributed by atoms with Gasteiger partial charge in [0, 0.05) is 22.9 Å². The summed E-state index contributed by atoms with van der Waals surface area (Å²) in [6.45, 7) is 1.76. The molecular weight excluding hydrogens is 456 g/mol. The molecule has 0 aromatic heterocycles. The first-order valence-electron chi connectivity index (χ1n) is 9.54. The predicted octanol–water partition coefficient (Wildman–Crippen LogP) is 7.06. The molecule has 3 aromatic carbocycles. The van der Waals surface area contributed by atoms with E-state index in [0.29, 0.717) is 22.8 Å². The summed E-state index contributed by atoms with van der Waals surface area (Å²) < 4.78 is 20.1. The van der Waals surface area contributed by atoms with Crippen molar-refractivity contribution < 1.29 is 23.8 Å². The smallest absolute Gasteiger partial charge is 0.331 e. The first-order chi connectivity index (χ1) is 15.3. The molecule has 0 aliphatic rings. The second kappa shape index (κ2) is 10.3. The molecule has 0 radical (unpaired) electrons. The van der Waals surface area contributed by atoms with Crippen molar-refractivity contribution in [1.82, 2.24) is 0 Å². The van der Waals surface area contributed by atoms with E-state index in [-0.39, 0.29) is 27.6 Å². The lowest BCUT2D eigenvalue weighted by atomic mass is 10.1. The molecule has 0 saturated heterocycles. The number of carbonyl (C=O) groups excluding carboxylic acids is 1. The molecule has 0 unspecified atom stereocenters. The zero-order valence-corrected chi connectivity index (χ0v) is 18.4. The van der Waals surface area contributed by atoms with E-state index in [2.05, 4.69) is 5.32 Å². The van der Waals surface area contributed by atoms with E-state index < -0.39 is 17.7 Å². The van der Waals surface area contributed by atoms with Gasteiger partial charge >= 0.3 is 5.97 Å². The number of aliphatic carboxylic acids is 1. The molecule has 0 aliphatic heterocycles. The van der Waals surface area contributed by atoms with Gasteiger partial charge in [0.05, 0.1) is 10.0 Å². The lowest BCUT2D eigenvalue weighted by Crippen LogP contribution is -2.12. The van der Waals surface area contributed by atoms with Crippen LogP contribution in [0.25, 0.3) is 6.08 Å². The lowest BCUT2D eigenvalue weighted by Gasteiger charge is -2.10. The number of rotatable bonds is 7. The number of hydrogen-bond acceptors (Lipinski definition) is 3. The largest absolute Gasteiger partial charge is 0.478 e. The Morgan fingerprint density at radius 3 is 2.34 bits per heavy atom. The van der Waals surface area contributed by atoms with Gasteiger partial charge in [0.1, 0.15) is 5.75 Å². The van der Waals surface area contributed by atoms with Crippen LogP contribution in [-0.4, -0.2) is 17.0 Å². The van der Waals surface area contributed by atoms with Crippen molar-refractivity contribution in [3.05, 3.63) is 93.2 Å². The molecule has 2 N–H and O–H groups in total. The van der Waals surface area contributed by atoms with Gasteiger partial charge in [-0.3, -0.25) is 4.79 Å². The number of amides is 1. The van der Waals surface area contributed by atoms with Crippen LogP contribution in [0.3, 0.4) is 0 Å². The summed E-state index contributed by atoms with van der Waals surface area (Å²) in [7, 11) is 0. The minimum Gasteiger partial charge on any atom is -0.478 e. The van der Waals surface area contributed by atoms with Gasteiger partial charge in [0.15, 0.2) is 11.6 Å². The van der Waals surface area contributed by atoms with Crippen LogP contribution in [0.5, 0.6) is 11.5 Å². The van der Waals surface area contributed by atoms with E-state index in [9.17, 15) is 14.0 Å². The molecule has 8 heteroatoms. The number of hydrogen-bond donors (Lipinski definition) is 2. The maximum absolute atomic E-state index is 14.5. The Morgan fingerprint density at radius 2 is 1.75 bits per heavy atom. The van der Waals surface area contributed by atoms with Gasteiger partial charge in [-0.1, -0.05) is 42.3 Å². The molecule has 5 nitrogen and oxygen atoms in total. The third kappa shape index (κ3) is 5.87. The summed E-state index contributed by atoms with van der Waals surface area (Å²) in [5.74, 6) is -1.75. The van der Waals surface area contributed by atoms with Crippen molar-refractivity contribution in [3.63, 3.8) is 0 Å². The highest BCUT2D eigenvalue weighted by atomic mass is 35.5. The Bertz CT molecular complexity index is 1190. The summed E-state index contributed by atoms with van der Waals surface area (Å²) in [5.41, 5.74) is 1.50. The van der Waals surface area contributed by atoms with Crippen molar-refractivity contribution in [1.29, 1.82) is 0 Å². The Kier molecular flexibility index (Phi) is 7.51. The average Bonchev–Trinajstić information content (AvgIpc) is 2.76. The maximum atomic E-state index is 14.5. The molecule has 0 spiro atoms. The van der Waals surface area contributed by atoms with Crippen molar-refractivity contribution in [2.75, 3.05) is 5.32 Å². The molecule has 0 aliphatic carbocycles. The maximum Gasteiger partial charge on any atom is 0.331 e. The minimum absolute atomic E-state index is 0.0272. The van der Waals surface area contributed by atoms with Gasteiger partial charge in [0.25, 0.3) is 5.91 Å². The average molecular weight is 474 g/mol. The van der Waals surface area contributed by atoms with Gasteiger partial charge < -0.3 is 15.2 Å². The standard InChI is InChI=1S/C24H18Cl2FNO4/c1-2-15(24(30)31)11-14-3-7-18(8-4-14)32-22-10-6-17(13-21(22)27)28-23(29)16-5-9-19(25)20(26)12-16/h3-13H,2H2,1H3,(H,28,29)(H,30,31)/b15-11+. The zero-order valence-electron chi connectivity index (χ0n) is 16.9. The molecule has 3 aromatic rings. The van der Waals surface area contributed by atoms with Crippen molar-refractivity contribution >= 4 is 46.8 Å². The fraction of sp³-hybridized carbons (Fsp3) is 0.0833. The number of ether oxygens (including phenoxy) is 1. The molecule has 0 fully saturated rings. The number of carbonyl (C=O) groups is 2. The van der Waals surface area contributed by atoms with Gasteiger partial charge in [-0.05, 0) is 60.5 Å². The number of halogens is 3. The normalized spacial score (nSPS) is 11.2. The highest BCUT2D eigenvalue weighted by Gasteiger charge is 2.12. The Morgan fingerprint density at radius 1 is 1.03 bits per heavy atom. The monoisotopic (exact) mass is 473 g/mol. The molecule has 0 saturated carbocycles. The zero-order chi connectivity index (χ0) is 23.3. The first kappa shape index (κ1) is 23.3. The second-order valence-corrected chi connectivity index (χ2v) is 7.54. The summed E-state index contributed by atoms with van der Waals surface area (Å²) in [6, 6.07) is 15.1. The Hall–Kier alpha value is -3.35. The quantitative estimate of drug-likeness (QED) is 0.360. The molecule has 32 heavy (non-hydrogen) atoms. The van der Waals surface area contributed by atoms with Crippen LogP contribution in [0, 0.1) is 5.82 Å². The van der Waals surface area contributed by atoms with E-state index in [4.69, 9.17) is 33.0 Å². The highest BCUT2D eigenvalue weighted by Crippen LogP contribution is 2.28. The van der Waals surface area contributed by atoms with Crippen molar-refractivity contribution in [2.24, 2.45) is 0 Å². The number of benzene rings is 3. The van der Waals surface area contributed by atoms with Crippen LogP contribution in [0.2, 0.25) is 10.0 Å². The first-order valence-corrected chi connectivity index (χ1v) is 10.3. The van der Waals surface area contributed by atoms with E-state index in [1.54, 1.807) is 37.3 Å². The number of carboxylic acid groups (broad SMARTS) is 1. The van der Waals surface area contributed by atoms with Gasteiger partial charge in [-0.2, -0.15) is 0 Å². The summed E-state index contributed by atoms with van der Waals surface area (Å²) in [5, 5.41) is 12.3. The van der Waals surface area contributed by atoms with Crippen LogP contribution in [0.1, 0.15) is 29.3 Å². The third-order valence-electron chi connectivity index (χ3n) is 4.48. The molecule has 1 amide bonds. The van der Waals surface area contributed by atoms with Crippen LogP contribution >= 0.6 is 23.2 Å². The fourth-order valence-corrected chi connectivity index (χ4v) is 3.08. The van der Waals surface area contributed by atoms with Gasteiger partial charge in [-0.25, -0.2) is 9.18 Å². The van der Waals surface area contributed by atoms with Crippen LogP contribution < -0.4 is 10.1 Å². The Balaban J connectivity index is 1.69. The van der Waals surface area contributed by atoms with Crippen molar-refractivity contribution in [2.45, 2.75) is 13.3 Å². The number of nitrogens with one attached hydrogen (secondary N) is 1. The topological polar surface area (TPSA) is 75.6 Å². The summed E-state index contributed by atoms with van der Waals surface area (Å²) in [4.78, 5) is 23.4. The second-order valence-electron chi connectivity index (χ2n) is 6.73. The summed E-state index contributed by atoms with van der Waals surface area (Å²) in [6.07, 6.45) is 1.96. The minimum atomic E-state index is -0.971. The third-order valence-corrected chi connectivity index (χ3v) is 5.21. The Labute approximate surface area is 194 Å². The molecule has 3 rings (SSSR count). The number of carboxylic acids is 1. The molecule has 0 heterocycles. The van der Waals surface area contributed by atoms with Crippen LogP contribution in [0.4, 0.5) is 10.1 Å². The fourth-order valence-electron chi connectivity index (χ4n) is 2.78. The van der Waals surface area contributed by atoms with Crippen LogP contribution in [-0.2, 0) is 4.79 Å². The van der Waals surface area contributed by atoms with Crippen LogP contribution in [0.15, 0.2) is 66.2 Å². The molecule has 164 valence electrons. The predicted molar refractivity (Wildman–Crippen MR) is 123 cm³/mol. The summed E-state index contributed by atoms with van der Waals surface area (Å²) >= 11 is 11.8. The van der Waals surface area contributed by atoms with Gasteiger partial charge in [0.2, 0.25) is 0 Å². The van der Waals surface area contributed by atoms with E-state index in [1.165, 1.54) is 30.3 Å². The number of anilines is 1.